The minimum absolute atomic E-state index is 0.00921. The third-order valence-electron chi connectivity index (χ3n) is 4.03. The lowest BCUT2D eigenvalue weighted by molar-refractivity contribution is 0.238. The smallest absolute Gasteiger partial charge is 0.124 e. The Morgan fingerprint density at radius 2 is 1.89 bits per heavy atom. The van der Waals surface area contributed by atoms with Gasteiger partial charge in [0.05, 0.1) is 5.56 Å². The lowest BCUT2D eigenvalue weighted by atomic mass is 10.0. The van der Waals surface area contributed by atoms with Gasteiger partial charge in [-0.25, -0.2) is 0 Å². The predicted molar refractivity (Wildman–Crippen MR) is 71.5 cm³/mol. The van der Waals surface area contributed by atoms with Crippen LogP contribution in [0.1, 0.15) is 31.9 Å². The van der Waals surface area contributed by atoms with Crippen molar-refractivity contribution in [3.05, 3.63) is 23.8 Å². The van der Waals surface area contributed by atoms with E-state index in [1.54, 1.807) is 18.2 Å². The van der Waals surface area contributed by atoms with E-state index in [-0.39, 0.29) is 23.6 Å². The topological polar surface area (TPSA) is 69.7 Å². The molecule has 1 aliphatic rings. The van der Waals surface area contributed by atoms with Crippen LogP contribution in [0.4, 0.5) is 0 Å². The zero-order valence-electron chi connectivity index (χ0n) is 11.0. The molecule has 4 N–H and O–H groups in total. The van der Waals surface area contributed by atoms with E-state index in [9.17, 15) is 10.2 Å². The molecule has 0 bridgehead atoms. The summed E-state index contributed by atoms with van der Waals surface area (Å²) in [5.41, 5.74) is 6.55. The number of phenols is 2. The highest BCUT2D eigenvalue weighted by Crippen LogP contribution is 2.37. The number of hydrogen-bond donors (Lipinski definition) is 3. The van der Waals surface area contributed by atoms with E-state index in [2.05, 4.69) is 4.90 Å². The van der Waals surface area contributed by atoms with E-state index in [4.69, 9.17) is 5.73 Å². The molecule has 0 spiro atoms. The summed E-state index contributed by atoms with van der Waals surface area (Å²) in [5, 5.41) is 19.8. The van der Waals surface area contributed by atoms with Gasteiger partial charge < -0.3 is 15.9 Å². The summed E-state index contributed by atoms with van der Waals surface area (Å²) < 4.78 is 0. The van der Waals surface area contributed by atoms with Gasteiger partial charge in [-0.3, -0.25) is 4.90 Å². The first kappa shape index (κ1) is 13.2. The summed E-state index contributed by atoms with van der Waals surface area (Å²) in [4.78, 5) is 2.27. The lowest BCUT2D eigenvalue weighted by Crippen LogP contribution is -2.31. The van der Waals surface area contributed by atoms with E-state index >= 15 is 0 Å². The van der Waals surface area contributed by atoms with Crippen molar-refractivity contribution in [1.82, 2.24) is 4.90 Å². The molecular weight excluding hydrogens is 228 g/mol. The van der Waals surface area contributed by atoms with Crippen LogP contribution in [0.3, 0.4) is 0 Å². The van der Waals surface area contributed by atoms with Crippen LogP contribution >= 0.6 is 0 Å². The normalized spacial score (nSPS) is 24.1. The van der Waals surface area contributed by atoms with E-state index in [0.29, 0.717) is 11.5 Å². The molecule has 18 heavy (non-hydrogen) atoms. The van der Waals surface area contributed by atoms with Gasteiger partial charge in [-0.2, -0.15) is 0 Å². The summed E-state index contributed by atoms with van der Waals surface area (Å²) in [6.45, 7) is 5.93. The van der Waals surface area contributed by atoms with Crippen LogP contribution in [0.15, 0.2) is 18.2 Å². The van der Waals surface area contributed by atoms with Gasteiger partial charge in [0.2, 0.25) is 0 Å². The number of phenolic OH excluding ortho intramolecular Hbond substituents is 2. The Kier molecular flexibility index (Phi) is 3.78. The molecule has 1 aromatic carbocycles. The molecule has 2 rings (SSSR count). The number of hydrogen-bond acceptors (Lipinski definition) is 4. The third-order valence-corrected chi connectivity index (χ3v) is 4.03. The molecule has 1 fully saturated rings. The number of aromatic hydroxyl groups is 2. The van der Waals surface area contributed by atoms with Gasteiger partial charge in [0.1, 0.15) is 11.5 Å². The molecule has 3 unspecified atom stereocenters. The largest absolute Gasteiger partial charge is 0.507 e. The molecule has 0 aromatic heterocycles. The van der Waals surface area contributed by atoms with Crippen molar-refractivity contribution in [2.24, 2.45) is 11.7 Å². The summed E-state index contributed by atoms with van der Waals surface area (Å²) in [6, 6.07) is 5.08. The number of benzene rings is 1. The van der Waals surface area contributed by atoms with Gasteiger partial charge in [-0.05, 0) is 44.9 Å². The molecule has 4 heteroatoms. The molecule has 4 nitrogen and oxygen atoms in total. The van der Waals surface area contributed by atoms with Crippen molar-refractivity contribution in [1.29, 1.82) is 0 Å². The van der Waals surface area contributed by atoms with Crippen molar-refractivity contribution < 1.29 is 10.2 Å². The fraction of sp³-hybridized carbons (Fsp3) is 0.571. The van der Waals surface area contributed by atoms with Crippen molar-refractivity contribution in [2.75, 3.05) is 13.1 Å². The standard InChI is InChI=1S/C14H22N2O2/c1-9(15)11-6-7-16(8-11)10(2)14-12(17)4-3-5-13(14)18/h3-5,9-11,17-18H,6-8,15H2,1-2H3. The Labute approximate surface area is 108 Å². The van der Waals surface area contributed by atoms with Crippen molar-refractivity contribution in [3.63, 3.8) is 0 Å². The predicted octanol–water partition coefficient (Wildman–Crippen LogP) is 1.83. The summed E-state index contributed by atoms with van der Waals surface area (Å²) in [7, 11) is 0. The lowest BCUT2D eigenvalue weighted by Gasteiger charge is -2.26. The quantitative estimate of drug-likeness (QED) is 0.765. The van der Waals surface area contributed by atoms with Crippen molar-refractivity contribution in [3.8, 4) is 11.5 Å². The van der Waals surface area contributed by atoms with Crippen LogP contribution in [0.5, 0.6) is 11.5 Å². The minimum Gasteiger partial charge on any atom is -0.507 e. The number of rotatable bonds is 3. The van der Waals surface area contributed by atoms with Crippen molar-refractivity contribution >= 4 is 0 Å². The zero-order chi connectivity index (χ0) is 13.3. The SMILES string of the molecule is CC(N)C1CCN(C(C)c2c(O)cccc2O)C1. The molecule has 1 aromatic rings. The van der Waals surface area contributed by atoms with Crippen LogP contribution < -0.4 is 5.73 Å². The summed E-state index contributed by atoms with van der Waals surface area (Å²) in [5.74, 6) is 0.818. The minimum atomic E-state index is 0.00921. The number of nitrogens with two attached hydrogens (primary N) is 1. The Hall–Kier alpha value is -1.26. The number of likely N-dealkylation sites (tertiary alicyclic amines) is 1. The molecule has 1 saturated heterocycles. The Morgan fingerprint density at radius 1 is 1.28 bits per heavy atom. The second-order valence-corrected chi connectivity index (χ2v) is 5.29. The second kappa shape index (κ2) is 5.16. The monoisotopic (exact) mass is 250 g/mol. The van der Waals surface area contributed by atoms with Gasteiger partial charge >= 0.3 is 0 Å². The maximum Gasteiger partial charge on any atom is 0.124 e. The van der Waals surface area contributed by atoms with Crippen LogP contribution in [-0.4, -0.2) is 34.2 Å². The zero-order valence-corrected chi connectivity index (χ0v) is 11.0. The first-order valence-corrected chi connectivity index (χ1v) is 6.51. The average Bonchev–Trinajstić information content (AvgIpc) is 2.77. The van der Waals surface area contributed by atoms with Gasteiger partial charge in [0, 0.05) is 18.6 Å². The van der Waals surface area contributed by atoms with Crippen LogP contribution in [-0.2, 0) is 0 Å². The van der Waals surface area contributed by atoms with Gasteiger partial charge in [0.25, 0.3) is 0 Å². The van der Waals surface area contributed by atoms with E-state index in [1.807, 2.05) is 13.8 Å². The molecule has 0 radical (unpaired) electrons. The molecule has 0 aliphatic carbocycles. The summed E-state index contributed by atoms with van der Waals surface area (Å²) in [6.07, 6.45) is 1.08. The maximum absolute atomic E-state index is 9.89. The van der Waals surface area contributed by atoms with Crippen LogP contribution in [0.2, 0.25) is 0 Å². The maximum atomic E-state index is 9.89. The molecule has 3 atom stereocenters. The van der Waals surface area contributed by atoms with Crippen LogP contribution in [0.25, 0.3) is 0 Å². The Morgan fingerprint density at radius 3 is 2.39 bits per heavy atom. The van der Waals surface area contributed by atoms with E-state index in [1.165, 1.54) is 0 Å². The van der Waals surface area contributed by atoms with E-state index in [0.717, 1.165) is 19.5 Å². The second-order valence-electron chi connectivity index (χ2n) is 5.29. The van der Waals surface area contributed by atoms with Crippen molar-refractivity contribution in [2.45, 2.75) is 32.4 Å². The van der Waals surface area contributed by atoms with Gasteiger partial charge in [-0.1, -0.05) is 6.07 Å². The highest BCUT2D eigenvalue weighted by atomic mass is 16.3. The molecular formula is C14H22N2O2. The Balaban J connectivity index is 2.15. The molecule has 1 aliphatic heterocycles. The fourth-order valence-electron chi connectivity index (χ4n) is 2.75. The molecule has 0 saturated carbocycles. The molecule has 1 heterocycles. The average molecular weight is 250 g/mol. The highest BCUT2D eigenvalue weighted by Gasteiger charge is 2.30. The number of nitrogens with zero attached hydrogens (tertiary/aromatic N) is 1. The fourth-order valence-corrected chi connectivity index (χ4v) is 2.75. The first-order chi connectivity index (χ1) is 8.50. The van der Waals surface area contributed by atoms with Gasteiger partial charge in [0.15, 0.2) is 0 Å². The first-order valence-electron chi connectivity index (χ1n) is 6.51. The Bertz CT molecular complexity index is 400. The van der Waals surface area contributed by atoms with E-state index < -0.39 is 0 Å². The highest BCUT2D eigenvalue weighted by molar-refractivity contribution is 5.45. The molecule has 0 amide bonds. The summed E-state index contributed by atoms with van der Waals surface area (Å²) >= 11 is 0. The van der Waals surface area contributed by atoms with Gasteiger partial charge in [-0.15, -0.1) is 0 Å². The third kappa shape index (κ3) is 2.44. The molecule has 100 valence electrons. The van der Waals surface area contributed by atoms with Crippen LogP contribution in [0, 0.1) is 5.92 Å².